The molecule has 1 aromatic carbocycles. The van der Waals surface area contributed by atoms with Crippen LogP contribution in [-0.4, -0.2) is 15.2 Å². The van der Waals surface area contributed by atoms with Crippen molar-refractivity contribution in [3.8, 4) is 0 Å². The van der Waals surface area contributed by atoms with Crippen LogP contribution in [-0.2, 0) is 0 Å². The van der Waals surface area contributed by atoms with Crippen LogP contribution < -0.4 is 16.2 Å². The van der Waals surface area contributed by atoms with Crippen LogP contribution in [0.1, 0.15) is 0 Å². The Kier molecular flexibility index (Phi) is 2.75. The molecule has 7 heteroatoms. The van der Waals surface area contributed by atoms with Crippen LogP contribution in [0.4, 0.5) is 17.6 Å². The van der Waals surface area contributed by atoms with Crippen molar-refractivity contribution >= 4 is 29.5 Å². The Bertz CT molecular complexity index is 437. The summed E-state index contributed by atoms with van der Waals surface area (Å²) in [5.41, 5.74) is 6.27. The van der Waals surface area contributed by atoms with Gasteiger partial charge in [-0.15, -0.1) is 5.10 Å². The van der Waals surface area contributed by atoms with Gasteiger partial charge in [0.15, 0.2) is 0 Å². The van der Waals surface area contributed by atoms with Crippen LogP contribution in [0.25, 0.3) is 0 Å². The van der Waals surface area contributed by atoms with Gasteiger partial charge in [-0.1, -0.05) is 0 Å². The van der Waals surface area contributed by atoms with Gasteiger partial charge in [-0.3, -0.25) is 5.14 Å². The number of nitrogens with one attached hydrogen (secondary N) is 2. The summed E-state index contributed by atoms with van der Waals surface area (Å²) in [6.45, 7) is 0. The number of aromatic amines is 1. The van der Waals surface area contributed by atoms with E-state index in [0.29, 0.717) is 5.95 Å². The molecular formula is C8H10N6S. The van der Waals surface area contributed by atoms with Gasteiger partial charge in [0, 0.05) is 10.6 Å². The van der Waals surface area contributed by atoms with E-state index < -0.39 is 0 Å². The molecular weight excluding hydrogens is 212 g/mol. The highest BCUT2D eigenvalue weighted by Crippen LogP contribution is 2.17. The molecule has 0 atom stereocenters. The zero-order valence-electron chi connectivity index (χ0n) is 7.77. The van der Waals surface area contributed by atoms with Gasteiger partial charge in [0.25, 0.3) is 0 Å². The van der Waals surface area contributed by atoms with E-state index in [1.807, 2.05) is 24.3 Å². The van der Waals surface area contributed by atoms with E-state index in [0.717, 1.165) is 10.6 Å². The molecule has 15 heavy (non-hydrogen) atoms. The van der Waals surface area contributed by atoms with Gasteiger partial charge in [-0.25, -0.2) is 5.10 Å². The first-order valence-electron chi connectivity index (χ1n) is 4.19. The monoisotopic (exact) mass is 222 g/mol. The fraction of sp³-hybridized carbons (Fsp3) is 0. The van der Waals surface area contributed by atoms with Crippen molar-refractivity contribution in [2.75, 3.05) is 11.1 Å². The molecule has 0 aliphatic rings. The van der Waals surface area contributed by atoms with Crippen LogP contribution in [0.15, 0.2) is 29.2 Å². The van der Waals surface area contributed by atoms with Crippen molar-refractivity contribution in [3.63, 3.8) is 0 Å². The number of aromatic nitrogens is 3. The maximum absolute atomic E-state index is 5.41. The van der Waals surface area contributed by atoms with Gasteiger partial charge >= 0.3 is 0 Å². The third-order valence-electron chi connectivity index (χ3n) is 1.75. The van der Waals surface area contributed by atoms with Gasteiger partial charge in [0.05, 0.1) is 0 Å². The fourth-order valence-corrected chi connectivity index (χ4v) is 1.37. The van der Waals surface area contributed by atoms with E-state index in [4.69, 9.17) is 10.9 Å². The second kappa shape index (κ2) is 4.20. The number of nitrogens with zero attached hydrogens (tertiary/aromatic N) is 2. The number of nitrogen functional groups attached to an aromatic ring is 1. The second-order valence-electron chi connectivity index (χ2n) is 2.81. The van der Waals surface area contributed by atoms with Gasteiger partial charge in [0.1, 0.15) is 0 Å². The number of H-pyrrole nitrogens is 1. The largest absolute Gasteiger partial charge is 0.368 e. The summed E-state index contributed by atoms with van der Waals surface area (Å²) < 4.78 is 0. The van der Waals surface area contributed by atoms with Crippen molar-refractivity contribution in [2.24, 2.45) is 5.14 Å². The summed E-state index contributed by atoms with van der Waals surface area (Å²) in [6, 6.07) is 7.59. The minimum atomic E-state index is 0.284. The Labute approximate surface area is 90.6 Å². The van der Waals surface area contributed by atoms with E-state index in [-0.39, 0.29) is 5.95 Å². The molecule has 1 heterocycles. The van der Waals surface area contributed by atoms with E-state index in [9.17, 15) is 0 Å². The Morgan fingerprint density at radius 3 is 2.53 bits per heavy atom. The predicted octanol–water partition coefficient (Wildman–Crippen LogP) is 1.10. The lowest BCUT2D eigenvalue weighted by atomic mass is 10.3. The predicted molar refractivity (Wildman–Crippen MR) is 60.6 cm³/mol. The van der Waals surface area contributed by atoms with Gasteiger partial charge in [-0.05, 0) is 36.2 Å². The summed E-state index contributed by atoms with van der Waals surface area (Å²) in [5.74, 6) is 0.729. The van der Waals surface area contributed by atoms with E-state index >= 15 is 0 Å². The molecule has 0 saturated carbocycles. The van der Waals surface area contributed by atoms with Crippen LogP contribution >= 0.6 is 11.9 Å². The molecule has 78 valence electrons. The topological polar surface area (TPSA) is 106 Å². The third-order valence-corrected chi connectivity index (χ3v) is 2.29. The highest BCUT2D eigenvalue weighted by atomic mass is 32.2. The van der Waals surface area contributed by atoms with E-state index in [1.54, 1.807) is 0 Å². The number of anilines is 3. The van der Waals surface area contributed by atoms with Crippen LogP contribution in [0.3, 0.4) is 0 Å². The van der Waals surface area contributed by atoms with Crippen molar-refractivity contribution < 1.29 is 0 Å². The molecule has 0 radical (unpaired) electrons. The quantitative estimate of drug-likeness (QED) is 0.579. The molecule has 0 saturated heterocycles. The zero-order valence-corrected chi connectivity index (χ0v) is 8.58. The van der Waals surface area contributed by atoms with Crippen molar-refractivity contribution in [3.05, 3.63) is 24.3 Å². The van der Waals surface area contributed by atoms with E-state index in [2.05, 4.69) is 20.5 Å². The highest BCUT2D eigenvalue weighted by molar-refractivity contribution is 7.97. The Balaban J connectivity index is 2.11. The van der Waals surface area contributed by atoms with Crippen LogP contribution in [0, 0.1) is 0 Å². The molecule has 6 nitrogen and oxygen atoms in total. The normalized spacial score (nSPS) is 10.2. The molecule has 0 spiro atoms. The summed E-state index contributed by atoms with van der Waals surface area (Å²) in [4.78, 5) is 4.91. The first kappa shape index (κ1) is 9.81. The third kappa shape index (κ3) is 2.39. The maximum atomic E-state index is 5.41. The molecule has 0 aliphatic heterocycles. The molecule has 6 N–H and O–H groups in total. The van der Waals surface area contributed by atoms with E-state index in [1.165, 1.54) is 11.9 Å². The first-order valence-corrected chi connectivity index (χ1v) is 5.07. The Morgan fingerprint density at radius 1 is 1.27 bits per heavy atom. The van der Waals surface area contributed by atoms with Crippen molar-refractivity contribution in [1.82, 2.24) is 15.2 Å². The summed E-state index contributed by atoms with van der Waals surface area (Å²) >= 11 is 1.20. The SMILES string of the molecule is NSc1ccc(Nc2n[nH]c(N)n2)cc1. The van der Waals surface area contributed by atoms with Crippen molar-refractivity contribution in [1.29, 1.82) is 0 Å². The standard InChI is InChI=1S/C8H10N6S/c9-7-12-8(14-13-7)11-5-1-3-6(15-10)4-2-5/h1-4H,10H2,(H4,9,11,12,13,14). The Hall–Kier alpha value is -1.73. The smallest absolute Gasteiger partial charge is 0.248 e. The molecule has 1 aromatic heterocycles. The fourth-order valence-electron chi connectivity index (χ4n) is 1.08. The summed E-state index contributed by atoms with van der Waals surface area (Å²) in [7, 11) is 0. The minimum absolute atomic E-state index is 0.284. The number of hydrogen-bond acceptors (Lipinski definition) is 6. The lowest BCUT2D eigenvalue weighted by molar-refractivity contribution is 1.10. The number of rotatable bonds is 3. The second-order valence-corrected chi connectivity index (χ2v) is 3.52. The van der Waals surface area contributed by atoms with Gasteiger partial charge in [-0.2, -0.15) is 4.98 Å². The minimum Gasteiger partial charge on any atom is -0.368 e. The lowest BCUT2D eigenvalue weighted by Crippen LogP contribution is -1.92. The highest BCUT2D eigenvalue weighted by Gasteiger charge is 2.00. The molecule has 0 fully saturated rings. The first-order chi connectivity index (χ1) is 7.28. The molecule has 2 rings (SSSR count). The van der Waals surface area contributed by atoms with Gasteiger partial charge in [0.2, 0.25) is 11.9 Å². The van der Waals surface area contributed by atoms with Gasteiger partial charge < -0.3 is 11.1 Å². The number of nitrogens with two attached hydrogens (primary N) is 2. The lowest BCUT2D eigenvalue weighted by Gasteiger charge is -2.01. The Morgan fingerprint density at radius 2 is 2.00 bits per heavy atom. The summed E-state index contributed by atoms with van der Waals surface area (Å²) in [5, 5.41) is 14.8. The zero-order chi connectivity index (χ0) is 10.7. The van der Waals surface area contributed by atoms with Crippen molar-refractivity contribution in [2.45, 2.75) is 4.90 Å². The number of hydrogen-bond donors (Lipinski definition) is 4. The van der Waals surface area contributed by atoms with Crippen LogP contribution in [0.2, 0.25) is 0 Å². The molecule has 0 unspecified atom stereocenters. The average Bonchev–Trinajstić information content (AvgIpc) is 2.65. The summed E-state index contributed by atoms with van der Waals surface area (Å²) in [6.07, 6.45) is 0. The van der Waals surface area contributed by atoms with Crippen LogP contribution in [0.5, 0.6) is 0 Å². The molecule has 0 bridgehead atoms. The average molecular weight is 222 g/mol. The maximum Gasteiger partial charge on any atom is 0.248 e. The number of benzene rings is 1. The molecule has 0 amide bonds. The molecule has 0 aliphatic carbocycles. The molecule has 2 aromatic rings.